The van der Waals surface area contributed by atoms with Crippen LogP contribution in [0.2, 0.25) is 0 Å². The molecule has 2 aromatic carbocycles. The van der Waals surface area contributed by atoms with Crippen molar-refractivity contribution in [1.82, 2.24) is 4.90 Å². The summed E-state index contributed by atoms with van der Waals surface area (Å²) in [4.78, 5) is 14.3. The average molecular weight is 285 g/mol. The number of rotatable bonds is 3. The fourth-order valence-corrected chi connectivity index (χ4v) is 2.44. The van der Waals surface area contributed by atoms with E-state index in [-0.39, 0.29) is 17.8 Å². The number of benzene rings is 2. The van der Waals surface area contributed by atoms with Gasteiger partial charge < -0.3 is 4.90 Å². The molecular formula is C18H20FNO. The van der Waals surface area contributed by atoms with Gasteiger partial charge in [0.05, 0.1) is 6.04 Å². The molecule has 0 heterocycles. The van der Waals surface area contributed by atoms with Gasteiger partial charge in [-0.3, -0.25) is 4.79 Å². The summed E-state index contributed by atoms with van der Waals surface area (Å²) < 4.78 is 13.0. The first-order valence-electron chi connectivity index (χ1n) is 6.99. The minimum Gasteiger partial charge on any atom is -0.335 e. The molecule has 0 aromatic heterocycles. The third-order valence-electron chi connectivity index (χ3n) is 3.72. The maximum atomic E-state index is 13.0. The Labute approximate surface area is 125 Å². The quantitative estimate of drug-likeness (QED) is 0.824. The van der Waals surface area contributed by atoms with Crippen molar-refractivity contribution in [1.29, 1.82) is 0 Å². The predicted octanol–water partition coefficient (Wildman–Crippen LogP) is 4.28. The van der Waals surface area contributed by atoms with E-state index in [1.807, 2.05) is 39.0 Å². The maximum absolute atomic E-state index is 13.0. The number of carbonyl (C=O) groups excluding carboxylic acids is 1. The molecule has 2 rings (SSSR count). The highest BCUT2D eigenvalue weighted by Gasteiger charge is 2.19. The predicted molar refractivity (Wildman–Crippen MR) is 82.8 cm³/mol. The number of hydrogen-bond acceptors (Lipinski definition) is 1. The van der Waals surface area contributed by atoms with E-state index in [1.165, 1.54) is 12.1 Å². The first-order valence-corrected chi connectivity index (χ1v) is 6.99. The second kappa shape index (κ2) is 6.08. The fraction of sp³-hybridized carbons (Fsp3) is 0.278. The van der Waals surface area contributed by atoms with Crippen LogP contribution in [0.5, 0.6) is 0 Å². The maximum Gasteiger partial charge on any atom is 0.254 e. The molecule has 2 nitrogen and oxygen atoms in total. The van der Waals surface area contributed by atoms with E-state index in [1.54, 1.807) is 24.1 Å². The first-order chi connectivity index (χ1) is 9.88. The molecule has 0 aliphatic heterocycles. The summed E-state index contributed by atoms with van der Waals surface area (Å²) in [6.07, 6.45) is 0. The van der Waals surface area contributed by atoms with Crippen molar-refractivity contribution < 1.29 is 9.18 Å². The van der Waals surface area contributed by atoms with Crippen LogP contribution in [-0.4, -0.2) is 17.9 Å². The van der Waals surface area contributed by atoms with Crippen LogP contribution in [-0.2, 0) is 0 Å². The Bertz CT molecular complexity index is 629. The van der Waals surface area contributed by atoms with Crippen molar-refractivity contribution in [3.8, 4) is 0 Å². The summed E-state index contributed by atoms with van der Waals surface area (Å²) in [6, 6.07) is 12.0. The summed E-state index contributed by atoms with van der Waals surface area (Å²) in [5.74, 6) is -0.298. The molecule has 0 bridgehead atoms. The topological polar surface area (TPSA) is 20.3 Å². The highest BCUT2D eigenvalue weighted by Crippen LogP contribution is 2.21. The minimum atomic E-state index is -0.269. The molecule has 0 saturated heterocycles. The Morgan fingerprint density at radius 3 is 2.10 bits per heavy atom. The van der Waals surface area contributed by atoms with Crippen molar-refractivity contribution in [3.05, 3.63) is 70.5 Å². The van der Waals surface area contributed by atoms with E-state index in [0.29, 0.717) is 5.56 Å². The molecule has 110 valence electrons. The van der Waals surface area contributed by atoms with Crippen LogP contribution >= 0.6 is 0 Å². The normalized spacial score (nSPS) is 12.0. The largest absolute Gasteiger partial charge is 0.335 e. The van der Waals surface area contributed by atoms with Crippen molar-refractivity contribution in [2.75, 3.05) is 7.05 Å². The Morgan fingerprint density at radius 1 is 1.05 bits per heavy atom. The van der Waals surface area contributed by atoms with Gasteiger partial charge in [0.25, 0.3) is 5.91 Å². The second-order valence-electron chi connectivity index (χ2n) is 5.52. The lowest BCUT2D eigenvalue weighted by atomic mass is 10.0. The highest BCUT2D eigenvalue weighted by atomic mass is 19.1. The lowest BCUT2D eigenvalue weighted by molar-refractivity contribution is 0.0742. The lowest BCUT2D eigenvalue weighted by Crippen LogP contribution is -2.29. The van der Waals surface area contributed by atoms with Crippen LogP contribution < -0.4 is 0 Å². The van der Waals surface area contributed by atoms with E-state index in [4.69, 9.17) is 0 Å². The van der Waals surface area contributed by atoms with Gasteiger partial charge in [0, 0.05) is 12.6 Å². The number of nitrogens with zero attached hydrogens (tertiary/aromatic N) is 1. The highest BCUT2D eigenvalue weighted by molar-refractivity contribution is 5.94. The number of carbonyl (C=O) groups is 1. The Balaban J connectivity index is 2.23. The van der Waals surface area contributed by atoms with Gasteiger partial charge >= 0.3 is 0 Å². The van der Waals surface area contributed by atoms with E-state index < -0.39 is 0 Å². The molecule has 1 unspecified atom stereocenters. The third-order valence-corrected chi connectivity index (χ3v) is 3.72. The van der Waals surface area contributed by atoms with Crippen LogP contribution in [0.3, 0.4) is 0 Å². The van der Waals surface area contributed by atoms with Crippen molar-refractivity contribution in [2.24, 2.45) is 0 Å². The van der Waals surface area contributed by atoms with Gasteiger partial charge in [-0.05, 0) is 50.6 Å². The SMILES string of the molecule is Cc1cc(C)cc(C(=O)N(C)C(C)c2ccc(F)cc2)c1. The third kappa shape index (κ3) is 3.48. The summed E-state index contributed by atoms with van der Waals surface area (Å²) in [5.41, 5.74) is 3.74. The minimum absolute atomic E-state index is 0.0291. The van der Waals surface area contributed by atoms with Gasteiger partial charge in [-0.15, -0.1) is 0 Å². The number of aryl methyl sites for hydroxylation is 2. The second-order valence-corrected chi connectivity index (χ2v) is 5.52. The van der Waals surface area contributed by atoms with Crippen LogP contribution in [0.15, 0.2) is 42.5 Å². The molecule has 0 fully saturated rings. The molecule has 0 aliphatic carbocycles. The zero-order chi connectivity index (χ0) is 15.6. The molecule has 0 saturated carbocycles. The van der Waals surface area contributed by atoms with Gasteiger partial charge in [0.15, 0.2) is 0 Å². The number of hydrogen-bond donors (Lipinski definition) is 0. The Morgan fingerprint density at radius 2 is 1.57 bits per heavy atom. The standard InChI is InChI=1S/C18H20FNO/c1-12-9-13(2)11-16(10-12)18(21)20(4)14(3)15-5-7-17(19)8-6-15/h5-11,14H,1-4H3. The molecule has 1 amide bonds. The first kappa shape index (κ1) is 15.2. The Kier molecular flexibility index (Phi) is 4.41. The summed E-state index contributed by atoms with van der Waals surface area (Å²) in [7, 11) is 1.77. The van der Waals surface area contributed by atoms with Gasteiger partial charge in [0.2, 0.25) is 0 Å². The van der Waals surface area contributed by atoms with Crippen LogP contribution in [0.4, 0.5) is 4.39 Å². The van der Waals surface area contributed by atoms with Crippen LogP contribution in [0.1, 0.15) is 40.0 Å². The monoisotopic (exact) mass is 285 g/mol. The van der Waals surface area contributed by atoms with E-state index in [2.05, 4.69) is 0 Å². The zero-order valence-corrected chi connectivity index (χ0v) is 12.9. The van der Waals surface area contributed by atoms with Crippen molar-refractivity contribution in [2.45, 2.75) is 26.8 Å². The lowest BCUT2D eigenvalue weighted by Gasteiger charge is -2.25. The number of amides is 1. The molecule has 0 aliphatic rings. The molecular weight excluding hydrogens is 265 g/mol. The zero-order valence-electron chi connectivity index (χ0n) is 12.9. The summed E-state index contributed by atoms with van der Waals surface area (Å²) in [6.45, 7) is 5.90. The fourth-order valence-electron chi connectivity index (χ4n) is 2.44. The van der Waals surface area contributed by atoms with Crippen molar-refractivity contribution >= 4 is 5.91 Å². The van der Waals surface area contributed by atoms with Gasteiger partial charge in [-0.25, -0.2) is 4.39 Å². The molecule has 0 N–H and O–H groups in total. The molecule has 1 atom stereocenters. The van der Waals surface area contributed by atoms with E-state index in [9.17, 15) is 9.18 Å². The van der Waals surface area contributed by atoms with Crippen LogP contribution in [0, 0.1) is 19.7 Å². The van der Waals surface area contributed by atoms with Gasteiger partial charge in [-0.2, -0.15) is 0 Å². The number of halogens is 1. The van der Waals surface area contributed by atoms with Gasteiger partial charge in [-0.1, -0.05) is 29.3 Å². The average Bonchev–Trinajstić information content (AvgIpc) is 2.44. The molecule has 3 heteroatoms. The smallest absolute Gasteiger partial charge is 0.254 e. The summed E-state index contributed by atoms with van der Waals surface area (Å²) >= 11 is 0. The Hall–Kier alpha value is -2.16. The van der Waals surface area contributed by atoms with Crippen molar-refractivity contribution in [3.63, 3.8) is 0 Å². The van der Waals surface area contributed by atoms with E-state index >= 15 is 0 Å². The summed E-state index contributed by atoms with van der Waals surface area (Å²) in [5, 5.41) is 0. The molecule has 21 heavy (non-hydrogen) atoms. The molecule has 0 spiro atoms. The van der Waals surface area contributed by atoms with E-state index in [0.717, 1.165) is 16.7 Å². The molecule has 2 aromatic rings. The van der Waals surface area contributed by atoms with Gasteiger partial charge in [0.1, 0.15) is 5.82 Å². The van der Waals surface area contributed by atoms with Crippen LogP contribution in [0.25, 0.3) is 0 Å². The molecule has 0 radical (unpaired) electrons.